The number of hydrogen-bond acceptors (Lipinski definition) is 3. The summed E-state index contributed by atoms with van der Waals surface area (Å²) in [4.78, 5) is 11.9. The molecule has 5 nitrogen and oxygen atoms in total. The van der Waals surface area contributed by atoms with Crippen LogP contribution in [0, 0.1) is 5.92 Å². The zero-order valence-electron chi connectivity index (χ0n) is 9.55. The van der Waals surface area contributed by atoms with E-state index in [1.165, 1.54) is 0 Å². The van der Waals surface area contributed by atoms with Gasteiger partial charge in [0.2, 0.25) is 5.91 Å². The third kappa shape index (κ3) is 2.41. The van der Waals surface area contributed by atoms with Gasteiger partial charge in [0.1, 0.15) is 5.82 Å². The number of aryl methyl sites for hydroxylation is 1. The Kier molecular flexibility index (Phi) is 3.56. The van der Waals surface area contributed by atoms with Gasteiger partial charge in [0.25, 0.3) is 0 Å². The molecule has 5 heteroatoms. The summed E-state index contributed by atoms with van der Waals surface area (Å²) >= 11 is 0. The second-order valence-electron chi connectivity index (χ2n) is 4.14. The molecule has 0 saturated carbocycles. The maximum absolute atomic E-state index is 11.9. The molecule has 3 N–H and O–H groups in total. The third-order valence-electron chi connectivity index (χ3n) is 3.06. The van der Waals surface area contributed by atoms with Crippen LogP contribution in [-0.2, 0) is 11.2 Å². The summed E-state index contributed by atoms with van der Waals surface area (Å²) in [5.74, 6) is 1.00. The lowest BCUT2D eigenvalue weighted by Gasteiger charge is -2.21. The van der Waals surface area contributed by atoms with Crippen LogP contribution in [0.1, 0.15) is 25.3 Å². The quantitative estimate of drug-likeness (QED) is 0.712. The predicted molar refractivity (Wildman–Crippen MR) is 62.2 cm³/mol. The summed E-state index contributed by atoms with van der Waals surface area (Å²) in [6.45, 7) is 3.91. The van der Waals surface area contributed by atoms with Crippen molar-refractivity contribution in [2.75, 3.05) is 18.4 Å². The first-order chi connectivity index (χ1) is 7.81. The summed E-state index contributed by atoms with van der Waals surface area (Å²) in [6, 6.07) is 0. The van der Waals surface area contributed by atoms with Gasteiger partial charge in [0, 0.05) is 11.5 Å². The smallest absolute Gasteiger partial charge is 0.228 e. The van der Waals surface area contributed by atoms with Gasteiger partial charge >= 0.3 is 0 Å². The molecule has 0 aliphatic carbocycles. The second kappa shape index (κ2) is 5.12. The summed E-state index contributed by atoms with van der Waals surface area (Å²) < 4.78 is 0. The lowest BCUT2D eigenvalue weighted by molar-refractivity contribution is -0.120. The van der Waals surface area contributed by atoms with E-state index in [0.717, 1.165) is 43.7 Å². The number of hydrogen-bond donors (Lipinski definition) is 3. The molecule has 1 aliphatic rings. The molecule has 0 atom stereocenters. The van der Waals surface area contributed by atoms with Gasteiger partial charge in [-0.15, -0.1) is 0 Å². The van der Waals surface area contributed by atoms with Gasteiger partial charge < -0.3 is 10.6 Å². The molecule has 0 radical (unpaired) electrons. The molecule has 1 fully saturated rings. The number of nitrogens with zero attached hydrogens (tertiary/aromatic N) is 1. The second-order valence-corrected chi connectivity index (χ2v) is 4.14. The Labute approximate surface area is 95.0 Å². The van der Waals surface area contributed by atoms with Crippen LogP contribution in [0.4, 0.5) is 5.82 Å². The molecule has 88 valence electrons. The maximum atomic E-state index is 11.9. The summed E-state index contributed by atoms with van der Waals surface area (Å²) in [5.41, 5.74) is 1.06. The van der Waals surface area contributed by atoms with Crippen molar-refractivity contribution < 1.29 is 4.79 Å². The minimum Gasteiger partial charge on any atom is -0.317 e. The highest BCUT2D eigenvalue weighted by molar-refractivity contribution is 5.92. The van der Waals surface area contributed by atoms with Crippen LogP contribution in [0.3, 0.4) is 0 Å². The number of amides is 1. The standard InChI is InChI=1S/C11H18N4O/c1-2-8-7-13-15-10(8)14-11(16)9-3-5-12-6-4-9/h7,9,12H,2-6H2,1H3,(H2,13,14,15,16). The van der Waals surface area contributed by atoms with Crippen LogP contribution in [0.5, 0.6) is 0 Å². The van der Waals surface area contributed by atoms with Gasteiger partial charge in [-0.1, -0.05) is 6.92 Å². The van der Waals surface area contributed by atoms with Gasteiger partial charge in [0.15, 0.2) is 0 Å². The lowest BCUT2D eigenvalue weighted by atomic mass is 9.97. The van der Waals surface area contributed by atoms with E-state index >= 15 is 0 Å². The minimum atomic E-state index is 0.112. The minimum absolute atomic E-state index is 0.112. The molecule has 0 unspecified atom stereocenters. The highest BCUT2D eigenvalue weighted by atomic mass is 16.2. The number of piperidine rings is 1. The van der Waals surface area contributed by atoms with Gasteiger partial charge in [-0.3, -0.25) is 9.89 Å². The SMILES string of the molecule is CCc1cn[nH]c1NC(=O)C1CCNCC1. The van der Waals surface area contributed by atoms with Crippen molar-refractivity contribution in [1.29, 1.82) is 0 Å². The van der Waals surface area contributed by atoms with Crippen LogP contribution in [0.25, 0.3) is 0 Å². The van der Waals surface area contributed by atoms with Crippen molar-refractivity contribution in [2.24, 2.45) is 5.92 Å². The van der Waals surface area contributed by atoms with Crippen molar-refractivity contribution in [3.8, 4) is 0 Å². The number of H-pyrrole nitrogens is 1. The van der Waals surface area contributed by atoms with E-state index in [-0.39, 0.29) is 11.8 Å². The average Bonchev–Trinajstić information content (AvgIpc) is 2.77. The molecule has 2 rings (SSSR count). The van der Waals surface area contributed by atoms with Crippen LogP contribution in [0.2, 0.25) is 0 Å². The first-order valence-corrected chi connectivity index (χ1v) is 5.85. The number of carbonyl (C=O) groups is 1. The van der Waals surface area contributed by atoms with Gasteiger partial charge in [0.05, 0.1) is 6.20 Å². The lowest BCUT2D eigenvalue weighted by Crippen LogP contribution is -2.34. The largest absolute Gasteiger partial charge is 0.317 e. The normalized spacial score (nSPS) is 17.3. The Morgan fingerprint density at radius 3 is 3.00 bits per heavy atom. The Morgan fingerprint density at radius 1 is 1.56 bits per heavy atom. The Bertz CT molecular complexity index is 355. The first-order valence-electron chi connectivity index (χ1n) is 5.85. The number of carbonyl (C=O) groups excluding carboxylic acids is 1. The van der Waals surface area contributed by atoms with E-state index < -0.39 is 0 Å². The fraction of sp³-hybridized carbons (Fsp3) is 0.636. The Morgan fingerprint density at radius 2 is 2.31 bits per heavy atom. The topological polar surface area (TPSA) is 69.8 Å². The van der Waals surface area contributed by atoms with E-state index in [9.17, 15) is 4.79 Å². The van der Waals surface area contributed by atoms with Crippen LogP contribution in [0.15, 0.2) is 6.20 Å². The molecule has 1 aromatic rings. The zero-order valence-corrected chi connectivity index (χ0v) is 9.55. The van der Waals surface area contributed by atoms with Crippen LogP contribution < -0.4 is 10.6 Å². The summed E-state index contributed by atoms with van der Waals surface area (Å²) in [6.07, 6.45) is 4.47. The molecule has 2 heterocycles. The fourth-order valence-electron chi connectivity index (χ4n) is 2.00. The Balaban J connectivity index is 1.95. The van der Waals surface area contributed by atoms with Crippen LogP contribution in [-0.4, -0.2) is 29.2 Å². The summed E-state index contributed by atoms with van der Waals surface area (Å²) in [7, 11) is 0. The van der Waals surface area contributed by atoms with E-state index in [4.69, 9.17) is 0 Å². The number of aromatic amines is 1. The number of nitrogens with one attached hydrogen (secondary N) is 3. The molecule has 0 bridgehead atoms. The van der Waals surface area contributed by atoms with E-state index in [1.54, 1.807) is 6.20 Å². The third-order valence-corrected chi connectivity index (χ3v) is 3.06. The van der Waals surface area contributed by atoms with E-state index in [2.05, 4.69) is 20.8 Å². The number of aromatic nitrogens is 2. The van der Waals surface area contributed by atoms with Crippen LogP contribution >= 0.6 is 0 Å². The molecule has 1 amide bonds. The zero-order chi connectivity index (χ0) is 11.4. The van der Waals surface area contributed by atoms with Crippen molar-refractivity contribution in [1.82, 2.24) is 15.5 Å². The van der Waals surface area contributed by atoms with Gasteiger partial charge in [-0.25, -0.2) is 0 Å². The van der Waals surface area contributed by atoms with Crippen molar-refractivity contribution >= 4 is 11.7 Å². The van der Waals surface area contributed by atoms with E-state index in [0.29, 0.717) is 0 Å². The molecule has 0 aromatic carbocycles. The molecule has 16 heavy (non-hydrogen) atoms. The molecular weight excluding hydrogens is 204 g/mol. The number of rotatable bonds is 3. The van der Waals surface area contributed by atoms with Gasteiger partial charge in [-0.05, 0) is 32.4 Å². The molecule has 0 spiro atoms. The highest BCUT2D eigenvalue weighted by Gasteiger charge is 2.21. The predicted octanol–water partition coefficient (Wildman–Crippen LogP) is 0.910. The Hall–Kier alpha value is -1.36. The molecule has 1 aromatic heterocycles. The molecule has 1 aliphatic heterocycles. The van der Waals surface area contributed by atoms with Crippen molar-refractivity contribution in [3.05, 3.63) is 11.8 Å². The maximum Gasteiger partial charge on any atom is 0.228 e. The fourth-order valence-corrected chi connectivity index (χ4v) is 2.00. The van der Waals surface area contributed by atoms with Gasteiger partial charge in [-0.2, -0.15) is 5.10 Å². The summed E-state index contributed by atoms with van der Waals surface area (Å²) in [5, 5.41) is 12.9. The number of anilines is 1. The first kappa shape index (κ1) is 11.1. The van der Waals surface area contributed by atoms with Crippen molar-refractivity contribution in [3.63, 3.8) is 0 Å². The highest BCUT2D eigenvalue weighted by Crippen LogP contribution is 2.16. The molecule has 1 saturated heterocycles. The molecular formula is C11H18N4O. The van der Waals surface area contributed by atoms with E-state index in [1.807, 2.05) is 6.92 Å². The van der Waals surface area contributed by atoms with Crippen molar-refractivity contribution in [2.45, 2.75) is 26.2 Å². The average molecular weight is 222 g/mol. The monoisotopic (exact) mass is 222 g/mol.